The lowest BCUT2D eigenvalue weighted by atomic mass is 10.1. The Labute approximate surface area is 189 Å². The van der Waals surface area contributed by atoms with E-state index in [2.05, 4.69) is 52.9 Å². The van der Waals surface area contributed by atoms with E-state index in [1.807, 2.05) is 36.1 Å². The molecule has 2 amide bonds. The fourth-order valence-corrected chi connectivity index (χ4v) is 4.37. The van der Waals surface area contributed by atoms with Gasteiger partial charge in [-0.15, -0.1) is 0 Å². The summed E-state index contributed by atoms with van der Waals surface area (Å²) in [5, 5.41) is 3.88. The van der Waals surface area contributed by atoms with Gasteiger partial charge >= 0.3 is 0 Å². The number of carbonyl (C=O) groups is 2. The van der Waals surface area contributed by atoms with Crippen LogP contribution < -0.4 is 5.32 Å². The molecule has 0 saturated carbocycles. The number of amides is 2. The molecule has 1 aromatic heterocycles. The fraction of sp³-hybridized carbons (Fsp3) is 0.385. The van der Waals surface area contributed by atoms with Crippen molar-refractivity contribution in [3.05, 3.63) is 65.4 Å². The lowest BCUT2D eigenvalue weighted by Gasteiger charge is -2.34. The summed E-state index contributed by atoms with van der Waals surface area (Å²) < 4.78 is 2.12. The van der Waals surface area contributed by atoms with E-state index in [1.165, 1.54) is 5.56 Å². The van der Waals surface area contributed by atoms with Gasteiger partial charge in [-0.2, -0.15) is 0 Å². The highest BCUT2D eigenvalue weighted by molar-refractivity contribution is 6.00. The summed E-state index contributed by atoms with van der Waals surface area (Å²) in [5.41, 5.74) is 4.82. The molecule has 6 heteroatoms. The van der Waals surface area contributed by atoms with Gasteiger partial charge in [0, 0.05) is 55.7 Å². The van der Waals surface area contributed by atoms with Crippen molar-refractivity contribution in [3.8, 4) is 0 Å². The third-order valence-electron chi connectivity index (χ3n) is 6.26. The molecule has 1 fully saturated rings. The molecule has 1 N–H and O–H groups in total. The number of carbonyl (C=O) groups excluding carboxylic acids is 2. The van der Waals surface area contributed by atoms with Gasteiger partial charge in [-0.25, -0.2) is 0 Å². The Morgan fingerprint density at radius 2 is 1.75 bits per heavy atom. The van der Waals surface area contributed by atoms with E-state index in [1.54, 1.807) is 0 Å². The molecule has 0 spiro atoms. The summed E-state index contributed by atoms with van der Waals surface area (Å²) in [5.74, 6) is 0.0531. The fourth-order valence-electron chi connectivity index (χ4n) is 4.37. The molecule has 0 radical (unpaired) electrons. The molecular formula is C26H32N4O2. The maximum absolute atomic E-state index is 13.6. The first-order valence-electron chi connectivity index (χ1n) is 11.5. The molecule has 1 saturated heterocycles. The number of likely N-dealkylation sites (N-methyl/N-ethyl adjacent to an activating group) is 1. The summed E-state index contributed by atoms with van der Waals surface area (Å²) in [6.45, 7) is 11.0. The molecule has 6 nitrogen and oxygen atoms in total. The van der Waals surface area contributed by atoms with Crippen LogP contribution in [-0.4, -0.2) is 58.9 Å². The molecule has 0 atom stereocenters. The maximum Gasteiger partial charge on any atom is 0.270 e. The second-order valence-corrected chi connectivity index (χ2v) is 8.51. The Hall–Kier alpha value is -3.12. The number of anilines is 1. The van der Waals surface area contributed by atoms with E-state index < -0.39 is 0 Å². The molecule has 3 aromatic rings. The molecule has 2 aromatic carbocycles. The predicted octanol–water partition coefficient (Wildman–Crippen LogP) is 4.12. The van der Waals surface area contributed by atoms with Gasteiger partial charge in [0.2, 0.25) is 5.91 Å². The van der Waals surface area contributed by atoms with E-state index in [4.69, 9.17) is 0 Å². The molecule has 0 aliphatic carbocycles. The minimum absolute atomic E-state index is 0.0198. The molecule has 32 heavy (non-hydrogen) atoms. The third-order valence-corrected chi connectivity index (χ3v) is 6.26. The Kier molecular flexibility index (Phi) is 6.61. The largest absolute Gasteiger partial charge is 0.335 e. The van der Waals surface area contributed by atoms with Crippen molar-refractivity contribution in [1.82, 2.24) is 14.4 Å². The number of benzene rings is 2. The standard InChI is InChI=1S/C26H32N4O2/c1-4-25(31)27-22-9-10-23-21(16-22)17-24(26(32)29-13-11-28(5-2)12-14-29)30(23)18-20-8-6-7-19(3)15-20/h6-10,15-17H,4-5,11-14,18H2,1-3H3,(H,27,31). The van der Waals surface area contributed by atoms with Gasteiger partial charge in [-0.05, 0) is 43.3 Å². The third kappa shape index (κ3) is 4.70. The van der Waals surface area contributed by atoms with Crippen molar-refractivity contribution < 1.29 is 9.59 Å². The first-order chi connectivity index (χ1) is 15.5. The predicted molar refractivity (Wildman–Crippen MR) is 129 cm³/mol. The topological polar surface area (TPSA) is 57.6 Å². The lowest BCUT2D eigenvalue weighted by Crippen LogP contribution is -2.48. The van der Waals surface area contributed by atoms with Crippen LogP contribution in [0.4, 0.5) is 5.69 Å². The van der Waals surface area contributed by atoms with Crippen molar-refractivity contribution in [2.45, 2.75) is 33.7 Å². The summed E-state index contributed by atoms with van der Waals surface area (Å²) in [7, 11) is 0. The second kappa shape index (κ2) is 9.57. The van der Waals surface area contributed by atoms with Crippen LogP contribution in [-0.2, 0) is 11.3 Å². The zero-order valence-electron chi connectivity index (χ0n) is 19.2. The second-order valence-electron chi connectivity index (χ2n) is 8.51. The Morgan fingerprint density at radius 1 is 0.969 bits per heavy atom. The zero-order valence-corrected chi connectivity index (χ0v) is 19.2. The summed E-state index contributed by atoms with van der Waals surface area (Å²) in [6, 6.07) is 16.3. The van der Waals surface area contributed by atoms with Gasteiger partial charge in [0.1, 0.15) is 5.69 Å². The molecule has 1 aliphatic rings. The summed E-state index contributed by atoms with van der Waals surface area (Å²) in [4.78, 5) is 29.8. The van der Waals surface area contributed by atoms with E-state index >= 15 is 0 Å². The van der Waals surface area contributed by atoms with Gasteiger partial charge in [0.15, 0.2) is 0 Å². The highest BCUT2D eigenvalue weighted by Crippen LogP contribution is 2.26. The molecule has 2 heterocycles. The Balaban J connectivity index is 1.71. The maximum atomic E-state index is 13.6. The van der Waals surface area contributed by atoms with Crippen LogP contribution in [0.1, 0.15) is 41.9 Å². The van der Waals surface area contributed by atoms with Crippen LogP contribution in [0.15, 0.2) is 48.5 Å². The Bertz CT molecular complexity index is 1130. The molecule has 0 unspecified atom stereocenters. The number of rotatable bonds is 6. The van der Waals surface area contributed by atoms with Crippen LogP contribution in [0, 0.1) is 6.92 Å². The van der Waals surface area contributed by atoms with Crippen LogP contribution >= 0.6 is 0 Å². The normalized spacial score (nSPS) is 14.7. The number of aromatic nitrogens is 1. The molecule has 0 bridgehead atoms. The average molecular weight is 433 g/mol. The van der Waals surface area contributed by atoms with Gasteiger partial charge < -0.3 is 19.7 Å². The van der Waals surface area contributed by atoms with Gasteiger partial charge in [0.05, 0.1) is 0 Å². The highest BCUT2D eigenvalue weighted by atomic mass is 16.2. The SMILES string of the molecule is CCC(=O)Nc1ccc2c(c1)cc(C(=O)N1CCN(CC)CC1)n2Cc1cccc(C)c1. The van der Waals surface area contributed by atoms with Gasteiger partial charge in [0.25, 0.3) is 5.91 Å². The van der Waals surface area contributed by atoms with E-state index in [-0.39, 0.29) is 11.8 Å². The molecule has 168 valence electrons. The lowest BCUT2D eigenvalue weighted by molar-refractivity contribution is -0.115. The monoisotopic (exact) mass is 432 g/mol. The van der Waals surface area contributed by atoms with Crippen molar-refractivity contribution in [1.29, 1.82) is 0 Å². The minimum atomic E-state index is -0.0198. The van der Waals surface area contributed by atoms with E-state index in [0.29, 0.717) is 18.7 Å². The molecule has 4 rings (SSSR count). The van der Waals surface area contributed by atoms with Crippen LogP contribution in [0.3, 0.4) is 0 Å². The summed E-state index contributed by atoms with van der Waals surface area (Å²) >= 11 is 0. The van der Waals surface area contributed by atoms with Crippen LogP contribution in [0.25, 0.3) is 10.9 Å². The number of nitrogens with zero attached hydrogens (tertiary/aromatic N) is 3. The highest BCUT2D eigenvalue weighted by Gasteiger charge is 2.25. The van der Waals surface area contributed by atoms with E-state index in [0.717, 1.165) is 54.9 Å². The van der Waals surface area contributed by atoms with Crippen LogP contribution in [0.2, 0.25) is 0 Å². The van der Waals surface area contributed by atoms with Crippen molar-refractivity contribution in [2.75, 3.05) is 38.0 Å². The first kappa shape index (κ1) is 22.1. The van der Waals surface area contributed by atoms with Gasteiger partial charge in [-0.3, -0.25) is 9.59 Å². The number of fused-ring (bicyclic) bond motifs is 1. The first-order valence-corrected chi connectivity index (χ1v) is 11.5. The number of hydrogen-bond donors (Lipinski definition) is 1. The van der Waals surface area contributed by atoms with E-state index in [9.17, 15) is 9.59 Å². The van der Waals surface area contributed by atoms with Crippen molar-refractivity contribution in [3.63, 3.8) is 0 Å². The smallest absolute Gasteiger partial charge is 0.270 e. The Morgan fingerprint density at radius 3 is 2.44 bits per heavy atom. The quantitative estimate of drug-likeness (QED) is 0.637. The number of nitrogens with one attached hydrogen (secondary N) is 1. The average Bonchev–Trinajstić information content (AvgIpc) is 3.16. The van der Waals surface area contributed by atoms with Gasteiger partial charge in [-0.1, -0.05) is 43.7 Å². The number of piperazine rings is 1. The number of aryl methyl sites for hydroxylation is 1. The zero-order chi connectivity index (χ0) is 22.7. The summed E-state index contributed by atoms with van der Waals surface area (Å²) in [6.07, 6.45) is 0.430. The van der Waals surface area contributed by atoms with Crippen molar-refractivity contribution in [2.24, 2.45) is 0 Å². The number of hydrogen-bond acceptors (Lipinski definition) is 3. The van der Waals surface area contributed by atoms with Crippen molar-refractivity contribution >= 4 is 28.4 Å². The molecular weight excluding hydrogens is 400 g/mol. The van der Waals surface area contributed by atoms with Crippen LogP contribution in [0.5, 0.6) is 0 Å². The minimum Gasteiger partial charge on any atom is -0.335 e. The molecule has 1 aliphatic heterocycles.